The highest BCUT2D eigenvalue weighted by molar-refractivity contribution is 7.98. The summed E-state index contributed by atoms with van der Waals surface area (Å²) in [4.78, 5) is 29.8. The van der Waals surface area contributed by atoms with Gasteiger partial charge in [0.15, 0.2) is 0 Å². The third-order valence-electron chi connectivity index (χ3n) is 3.46. The van der Waals surface area contributed by atoms with Crippen LogP contribution in [0.3, 0.4) is 0 Å². The van der Waals surface area contributed by atoms with Gasteiger partial charge in [-0.3, -0.25) is 19.9 Å². The zero-order chi connectivity index (χ0) is 17.7. The summed E-state index contributed by atoms with van der Waals surface area (Å²) in [7, 11) is 1.44. The number of anilines is 1. The fraction of sp³-hybridized carbons (Fsp3) is 0.250. The molecule has 0 unspecified atom stereocenters. The lowest BCUT2D eigenvalue weighted by Gasteiger charge is -2.21. The van der Waals surface area contributed by atoms with Gasteiger partial charge in [0, 0.05) is 24.6 Å². The number of aromatic nitrogens is 1. The number of ether oxygens (including phenoxy) is 1. The first kappa shape index (κ1) is 17.7. The van der Waals surface area contributed by atoms with Gasteiger partial charge in [0.1, 0.15) is 11.3 Å². The van der Waals surface area contributed by atoms with Gasteiger partial charge in [0.2, 0.25) is 0 Å². The lowest BCUT2D eigenvalue weighted by Crippen LogP contribution is -2.31. The Kier molecular flexibility index (Phi) is 5.75. The minimum Gasteiger partial charge on any atom is -0.495 e. The van der Waals surface area contributed by atoms with Crippen molar-refractivity contribution in [2.75, 3.05) is 24.8 Å². The molecule has 1 aromatic heterocycles. The van der Waals surface area contributed by atoms with Crippen LogP contribution in [-0.4, -0.2) is 35.7 Å². The summed E-state index contributed by atoms with van der Waals surface area (Å²) in [5, 5.41) is 11.4. The van der Waals surface area contributed by atoms with E-state index in [-0.39, 0.29) is 11.3 Å². The van der Waals surface area contributed by atoms with Crippen LogP contribution in [0.5, 0.6) is 5.75 Å². The zero-order valence-corrected chi connectivity index (χ0v) is 14.4. The summed E-state index contributed by atoms with van der Waals surface area (Å²) < 4.78 is 5.17. The van der Waals surface area contributed by atoms with Gasteiger partial charge in [-0.25, -0.2) is 0 Å². The molecule has 0 atom stereocenters. The van der Waals surface area contributed by atoms with E-state index in [1.165, 1.54) is 35.9 Å². The quantitative estimate of drug-likeness (QED) is 0.452. The van der Waals surface area contributed by atoms with E-state index < -0.39 is 10.8 Å². The van der Waals surface area contributed by atoms with E-state index >= 15 is 0 Å². The first-order valence-corrected chi connectivity index (χ1v) is 8.38. The lowest BCUT2D eigenvalue weighted by atomic mass is 10.1. The van der Waals surface area contributed by atoms with Crippen LogP contribution in [0, 0.1) is 10.1 Å². The van der Waals surface area contributed by atoms with E-state index in [9.17, 15) is 14.9 Å². The molecule has 0 aliphatic rings. The largest absolute Gasteiger partial charge is 0.495 e. The average molecular weight is 347 g/mol. The molecule has 8 heteroatoms. The van der Waals surface area contributed by atoms with Gasteiger partial charge in [0.05, 0.1) is 23.0 Å². The molecule has 1 amide bonds. The van der Waals surface area contributed by atoms with Crippen molar-refractivity contribution in [2.24, 2.45) is 0 Å². The maximum Gasteiger partial charge on any atom is 0.285 e. The fourth-order valence-electron chi connectivity index (χ4n) is 2.30. The molecule has 1 heterocycles. The molecule has 0 aliphatic heterocycles. The summed E-state index contributed by atoms with van der Waals surface area (Å²) in [5.41, 5.74) is 0.388. The van der Waals surface area contributed by atoms with Crippen LogP contribution in [0.25, 0.3) is 0 Å². The van der Waals surface area contributed by atoms with Crippen molar-refractivity contribution < 1.29 is 14.5 Å². The zero-order valence-electron chi connectivity index (χ0n) is 13.6. The maximum absolute atomic E-state index is 12.9. The first-order chi connectivity index (χ1) is 11.5. The number of carbonyl (C=O) groups is 1. The minimum atomic E-state index is -0.569. The summed E-state index contributed by atoms with van der Waals surface area (Å²) >= 11 is 1.36. The number of carbonyl (C=O) groups excluding carboxylic acids is 1. The molecule has 1 aromatic carbocycles. The number of hydrogen-bond acceptors (Lipinski definition) is 6. The van der Waals surface area contributed by atoms with Crippen LogP contribution in [-0.2, 0) is 0 Å². The van der Waals surface area contributed by atoms with Crippen molar-refractivity contribution in [1.29, 1.82) is 0 Å². The number of nitro benzene ring substituents is 1. The highest BCUT2D eigenvalue weighted by Crippen LogP contribution is 2.35. The van der Waals surface area contributed by atoms with Crippen molar-refractivity contribution in [3.63, 3.8) is 0 Å². The Hall–Kier alpha value is -2.61. The van der Waals surface area contributed by atoms with Crippen LogP contribution in [0.4, 0.5) is 11.4 Å². The number of rotatable bonds is 6. The Labute approximate surface area is 143 Å². The van der Waals surface area contributed by atoms with E-state index in [4.69, 9.17) is 4.74 Å². The molecule has 2 aromatic rings. The van der Waals surface area contributed by atoms with Crippen LogP contribution < -0.4 is 9.64 Å². The second kappa shape index (κ2) is 7.78. The molecule has 0 radical (unpaired) electrons. The molecule has 0 bridgehead atoms. The SMILES string of the molecule is CCN(C(=O)c1cc(SC)c(OC)cc1[N+](=O)[O-])c1ccncc1. The van der Waals surface area contributed by atoms with Crippen molar-refractivity contribution in [1.82, 2.24) is 4.98 Å². The summed E-state index contributed by atoms with van der Waals surface area (Å²) in [6.07, 6.45) is 4.96. The van der Waals surface area contributed by atoms with Gasteiger partial charge in [-0.05, 0) is 31.4 Å². The first-order valence-electron chi connectivity index (χ1n) is 7.15. The molecule has 0 spiro atoms. The Bertz CT molecular complexity index is 752. The molecule has 0 N–H and O–H groups in total. The molecule has 7 nitrogen and oxygen atoms in total. The Morgan fingerprint density at radius 1 is 1.38 bits per heavy atom. The van der Waals surface area contributed by atoms with Crippen LogP contribution in [0.1, 0.15) is 17.3 Å². The van der Waals surface area contributed by atoms with E-state index in [2.05, 4.69) is 4.98 Å². The highest BCUT2D eigenvalue weighted by atomic mass is 32.2. The molecule has 0 saturated carbocycles. The van der Waals surface area contributed by atoms with Gasteiger partial charge < -0.3 is 9.64 Å². The molecule has 0 saturated heterocycles. The number of pyridine rings is 1. The summed E-state index contributed by atoms with van der Waals surface area (Å²) in [6.45, 7) is 2.18. The van der Waals surface area contributed by atoms with Gasteiger partial charge >= 0.3 is 0 Å². The Morgan fingerprint density at radius 2 is 2.04 bits per heavy atom. The maximum atomic E-state index is 12.9. The minimum absolute atomic E-state index is 0.0313. The topological polar surface area (TPSA) is 85.6 Å². The molecular weight excluding hydrogens is 330 g/mol. The monoisotopic (exact) mass is 347 g/mol. The lowest BCUT2D eigenvalue weighted by molar-refractivity contribution is -0.385. The second-order valence-corrected chi connectivity index (χ2v) is 5.58. The molecule has 24 heavy (non-hydrogen) atoms. The van der Waals surface area contributed by atoms with E-state index in [0.29, 0.717) is 22.9 Å². The molecule has 126 valence electrons. The number of amides is 1. The smallest absolute Gasteiger partial charge is 0.285 e. The summed E-state index contributed by atoms with van der Waals surface area (Å²) in [5.74, 6) is -0.0638. The van der Waals surface area contributed by atoms with E-state index in [1.807, 2.05) is 13.2 Å². The van der Waals surface area contributed by atoms with Gasteiger partial charge in [0.25, 0.3) is 11.6 Å². The van der Waals surface area contributed by atoms with E-state index in [0.717, 1.165) is 0 Å². The third-order valence-corrected chi connectivity index (χ3v) is 4.22. The molecule has 0 aliphatic carbocycles. The fourth-order valence-corrected chi connectivity index (χ4v) is 2.88. The standard InChI is InChI=1S/C16H17N3O4S/c1-4-18(11-5-7-17-8-6-11)16(20)12-9-15(24-3)14(23-2)10-13(12)19(21)22/h5-10H,4H2,1-3H3. The van der Waals surface area contributed by atoms with Gasteiger partial charge in [-0.15, -0.1) is 11.8 Å². The normalized spacial score (nSPS) is 10.3. The molecule has 0 fully saturated rings. The third kappa shape index (κ3) is 3.48. The highest BCUT2D eigenvalue weighted by Gasteiger charge is 2.27. The molecule has 2 rings (SSSR count). The van der Waals surface area contributed by atoms with Crippen LogP contribution in [0.15, 0.2) is 41.6 Å². The van der Waals surface area contributed by atoms with Crippen molar-refractivity contribution in [3.05, 3.63) is 52.3 Å². The number of methoxy groups -OCH3 is 1. The predicted octanol–water partition coefficient (Wildman–Crippen LogP) is 3.39. The number of hydrogen-bond donors (Lipinski definition) is 0. The van der Waals surface area contributed by atoms with Crippen LogP contribution >= 0.6 is 11.8 Å². The second-order valence-electron chi connectivity index (χ2n) is 4.74. The number of nitro groups is 1. The van der Waals surface area contributed by atoms with Crippen LogP contribution in [0.2, 0.25) is 0 Å². The summed E-state index contributed by atoms with van der Waals surface area (Å²) in [6, 6.07) is 6.17. The van der Waals surface area contributed by atoms with Crippen molar-refractivity contribution in [2.45, 2.75) is 11.8 Å². The number of nitrogens with zero attached hydrogens (tertiary/aromatic N) is 3. The van der Waals surface area contributed by atoms with Gasteiger partial charge in [-0.1, -0.05) is 0 Å². The number of benzene rings is 1. The van der Waals surface area contributed by atoms with E-state index in [1.54, 1.807) is 24.5 Å². The molecular formula is C16H17N3O4S. The average Bonchev–Trinajstić information content (AvgIpc) is 2.61. The number of thioether (sulfide) groups is 1. The van der Waals surface area contributed by atoms with Crippen molar-refractivity contribution >= 4 is 29.0 Å². The van der Waals surface area contributed by atoms with Gasteiger partial charge in [-0.2, -0.15) is 0 Å². The Morgan fingerprint density at radius 3 is 2.54 bits per heavy atom. The van der Waals surface area contributed by atoms with Crippen molar-refractivity contribution in [3.8, 4) is 5.75 Å². The predicted molar refractivity (Wildman–Crippen MR) is 93.0 cm³/mol. The Balaban J connectivity index is 2.56.